The second kappa shape index (κ2) is 5.05. The van der Waals surface area contributed by atoms with Gasteiger partial charge in [-0.1, -0.05) is 0 Å². The minimum Gasteiger partial charge on any atom is -0.357 e. The van der Waals surface area contributed by atoms with E-state index in [0.717, 1.165) is 25.7 Å². The monoisotopic (exact) mass is 231 g/mol. The quantitative estimate of drug-likeness (QED) is 0.848. The van der Waals surface area contributed by atoms with Crippen molar-refractivity contribution in [1.82, 2.24) is 9.88 Å². The first-order valence-corrected chi connectivity index (χ1v) is 6.02. The summed E-state index contributed by atoms with van der Waals surface area (Å²) in [4.78, 5) is 16.8. The van der Waals surface area contributed by atoms with Gasteiger partial charge >= 0.3 is 0 Å². The van der Waals surface area contributed by atoms with E-state index in [9.17, 15) is 4.79 Å². The second-order valence-corrected chi connectivity index (χ2v) is 4.63. The summed E-state index contributed by atoms with van der Waals surface area (Å²) in [6, 6.07) is 6.20. The highest BCUT2D eigenvalue weighted by Gasteiger charge is 2.27. The highest BCUT2D eigenvalue weighted by molar-refractivity contribution is 5.92. The Kier molecular flexibility index (Phi) is 3.48. The van der Waals surface area contributed by atoms with Crippen LogP contribution in [0.5, 0.6) is 0 Å². The Labute approximate surface area is 101 Å². The van der Waals surface area contributed by atoms with Crippen molar-refractivity contribution < 1.29 is 4.79 Å². The van der Waals surface area contributed by atoms with E-state index >= 15 is 0 Å². The first-order valence-electron chi connectivity index (χ1n) is 6.02. The molecule has 0 radical (unpaired) electrons. The van der Waals surface area contributed by atoms with Crippen LogP contribution in [0.1, 0.15) is 36.2 Å². The lowest BCUT2D eigenvalue weighted by molar-refractivity contribution is 0.0681. The van der Waals surface area contributed by atoms with Gasteiger partial charge in [-0.25, -0.2) is 0 Å². The summed E-state index contributed by atoms with van der Waals surface area (Å²) < 4.78 is 0. The molecule has 0 bridgehead atoms. The maximum atomic E-state index is 12.1. The van der Waals surface area contributed by atoms with E-state index < -0.39 is 0 Å². The van der Waals surface area contributed by atoms with E-state index in [2.05, 4.69) is 11.1 Å². The third-order valence-corrected chi connectivity index (χ3v) is 3.58. The number of amides is 1. The summed E-state index contributed by atoms with van der Waals surface area (Å²) in [5.41, 5.74) is 0.634. The Bertz CT molecular complexity index is 410. The Hall–Kier alpha value is -1.76. The van der Waals surface area contributed by atoms with Crippen LogP contribution in [0, 0.1) is 17.2 Å². The number of H-pyrrole nitrogens is 1. The molecule has 1 aromatic rings. The summed E-state index contributed by atoms with van der Waals surface area (Å²) in [6.45, 7) is 0. The van der Waals surface area contributed by atoms with Gasteiger partial charge in [-0.05, 0) is 37.8 Å². The van der Waals surface area contributed by atoms with Crippen molar-refractivity contribution in [3.63, 3.8) is 0 Å². The Morgan fingerprint density at radius 3 is 2.71 bits per heavy atom. The van der Waals surface area contributed by atoms with Crippen LogP contribution in [-0.4, -0.2) is 28.9 Å². The molecule has 1 aliphatic rings. The predicted octanol–water partition coefficient (Wildman–Crippen LogP) is 2.17. The van der Waals surface area contributed by atoms with Crippen molar-refractivity contribution in [2.24, 2.45) is 5.92 Å². The van der Waals surface area contributed by atoms with Crippen molar-refractivity contribution >= 4 is 5.91 Å². The lowest BCUT2D eigenvalue weighted by Crippen LogP contribution is -2.39. The minimum absolute atomic E-state index is 0.0374. The summed E-state index contributed by atoms with van der Waals surface area (Å²) in [7, 11) is 1.85. The average Bonchev–Trinajstić information content (AvgIpc) is 2.91. The number of rotatable bonds is 2. The second-order valence-electron chi connectivity index (χ2n) is 4.63. The Morgan fingerprint density at radius 2 is 2.18 bits per heavy atom. The molecule has 0 aromatic carbocycles. The van der Waals surface area contributed by atoms with Crippen molar-refractivity contribution in [2.45, 2.75) is 31.7 Å². The van der Waals surface area contributed by atoms with Crippen LogP contribution in [0.3, 0.4) is 0 Å². The summed E-state index contributed by atoms with van der Waals surface area (Å²) >= 11 is 0. The number of hydrogen-bond acceptors (Lipinski definition) is 2. The summed E-state index contributed by atoms with van der Waals surface area (Å²) in [5, 5.41) is 8.84. The van der Waals surface area contributed by atoms with Crippen LogP contribution < -0.4 is 0 Å². The van der Waals surface area contributed by atoms with Gasteiger partial charge in [-0.3, -0.25) is 4.79 Å². The largest absolute Gasteiger partial charge is 0.357 e. The molecule has 4 heteroatoms. The molecule has 1 amide bonds. The number of hydrogen-bond donors (Lipinski definition) is 1. The molecule has 90 valence electrons. The van der Waals surface area contributed by atoms with Crippen molar-refractivity contribution in [2.75, 3.05) is 7.05 Å². The van der Waals surface area contributed by atoms with E-state index in [1.54, 1.807) is 17.2 Å². The van der Waals surface area contributed by atoms with Crippen molar-refractivity contribution in [1.29, 1.82) is 5.26 Å². The molecule has 1 aromatic heterocycles. The molecule has 1 fully saturated rings. The highest BCUT2D eigenvalue weighted by Crippen LogP contribution is 2.27. The fraction of sp³-hybridized carbons (Fsp3) is 0.538. The van der Waals surface area contributed by atoms with Gasteiger partial charge in [0.2, 0.25) is 0 Å². The van der Waals surface area contributed by atoms with E-state index in [1.165, 1.54) is 0 Å². The smallest absolute Gasteiger partial charge is 0.270 e. The van der Waals surface area contributed by atoms with E-state index in [4.69, 9.17) is 5.26 Å². The third kappa shape index (κ3) is 2.50. The van der Waals surface area contributed by atoms with Crippen LogP contribution >= 0.6 is 0 Å². The van der Waals surface area contributed by atoms with Crippen LogP contribution in [0.15, 0.2) is 18.3 Å². The van der Waals surface area contributed by atoms with Crippen LogP contribution in [-0.2, 0) is 0 Å². The molecule has 0 atom stereocenters. The maximum absolute atomic E-state index is 12.1. The molecule has 2 rings (SSSR count). The number of nitrogens with zero attached hydrogens (tertiary/aromatic N) is 2. The first-order chi connectivity index (χ1) is 8.22. The van der Waals surface area contributed by atoms with Gasteiger partial charge in [0.15, 0.2) is 0 Å². The topological polar surface area (TPSA) is 59.9 Å². The van der Waals surface area contributed by atoms with Crippen LogP contribution in [0.4, 0.5) is 0 Å². The lowest BCUT2D eigenvalue weighted by Gasteiger charge is -2.32. The Balaban J connectivity index is 1.95. The SMILES string of the molecule is CN(C(=O)c1ccc[nH]1)C1CCC(C#N)CC1. The molecule has 0 spiro atoms. The predicted molar refractivity (Wildman–Crippen MR) is 64.2 cm³/mol. The molecule has 1 N–H and O–H groups in total. The highest BCUT2D eigenvalue weighted by atomic mass is 16.2. The fourth-order valence-electron chi connectivity index (χ4n) is 2.41. The number of carbonyl (C=O) groups is 1. The molecular formula is C13H17N3O. The molecule has 0 unspecified atom stereocenters. The molecule has 1 saturated carbocycles. The van der Waals surface area contributed by atoms with Gasteiger partial charge in [0, 0.05) is 25.2 Å². The summed E-state index contributed by atoms with van der Waals surface area (Å²) in [6.07, 6.45) is 5.43. The van der Waals surface area contributed by atoms with E-state index in [-0.39, 0.29) is 17.9 Å². The molecule has 1 heterocycles. The minimum atomic E-state index is 0.0374. The molecule has 0 saturated heterocycles. The van der Waals surface area contributed by atoms with Crippen molar-refractivity contribution in [3.8, 4) is 6.07 Å². The maximum Gasteiger partial charge on any atom is 0.270 e. The van der Waals surface area contributed by atoms with E-state index in [0.29, 0.717) is 5.69 Å². The number of nitrogens with one attached hydrogen (secondary N) is 1. The summed E-state index contributed by atoms with van der Waals surface area (Å²) in [5.74, 6) is 0.218. The molecule has 4 nitrogen and oxygen atoms in total. The lowest BCUT2D eigenvalue weighted by atomic mass is 9.86. The number of aromatic nitrogens is 1. The van der Waals surface area contributed by atoms with Crippen LogP contribution in [0.25, 0.3) is 0 Å². The van der Waals surface area contributed by atoms with Gasteiger partial charge in [0.05, 0.1) is 6.07 Å². The zero-order valence-corrected chi connectivity index (χ0v) is 10.0. The molecule has 0 aliphatic heterocycles. The van der Waals surface area contributed by atoms with Gasteiger partial charge in [-0.15, -0.1) is 0 Å². The van der Waals surface area contributed by atoms with E-state index in [1.807, 2.05) is 13.1 Å². The van der Waals surface area contributed by atoms with Gasteiger partial charge < -0.3 is 9.88 Å². The van der Waals surface area contributed by atoms with Crippen molar-refractivity contribution in [3.05, 3.63) is 24.0 Å². The average molecular weight is 231 g/mol. The third-order valence-electron chi connectivity index (χ3n) is 3.58. The standard InChI is InChI=1S/C13H17N3O/c1-16(13(17)12-3-2-8-15-12)11-6-4-10(9-14)5-7-11/h2-3,8,10-11,15H,4-7H2,1H3. The number of aromatic amines is 1. The molecule has 1 aliphatic carbocycles. The van der Waals surface area contributed by atoms with Gasteiger partial charge in [-0.2, -0.15) is 5.26 Å². The normalized spacial score (nSPS) is 24.0. The molecule has 17 heavy (non-hydrogen) atoms. The van der Waals surface area contributed by atoms with Gasteiger partial charge in [0.1, 0.15) is 5.69 Å². The first kappa shape index (κ1) is 11.7. The fourth-order valence-corrected chi connectivity index (χ4v) is 2.41. The molecular weight excluding hydrogens is 214 g/mol. The van der Waals surface area contributed by atoms with Gasteiger partial charge in [0.25, 0.3) is 5.91 Å². The zero-order valence-electron chi connectivity index (χ0n) is 10.0. The zero-order chi connectivity index (χ0) is 12.3. The number of carbonyl (C=O) groups excluding carboxylic acids is 1. The Morgan fingerprint density at radius 1 is 1.47 bits per heavy atom. The number of nitriles is 1. The van der Waals surface area contributed by atoms with Crippen LogP contribution in [0.2, 0.25) is 0 Å².